The van der Waals surface area contributed by atoms with Gasteiger partial charge in [-0.25, -0.2) is 0 Å². The number of nitro groups is 1. The van der Waals surface area contributed by atoms with Crippen LogP contribution in [-0.4, -0.2) is 22.9 Å². The van der Waals surface area contributed by atoms with Gasteiger partial charge in [-0.1, -0.05) is 12.1 Å². The fourth-order valence-corrected chi connectivity index (χ4v) is 2.25. The molecule has 0 amide bonds. The molecule has 2 aromatic carbocycles. The van der Waals surface area contributed by atoms with Crippen LogP contribution in [0.3, 0.4) is 0 Å². The van der Waals surface area contributed by atoms with Crippen LogP contribution < -0.4 is 4.74 Å². The lowest BCUT2D eigenvalue weighted by Crippen LogP contribution is -2.01. The van der Waals surface area contributed by atoms with Crippen LogP contribution in [-0.2, 0) is 6.61 Å². The zero-order chi connectivity index (χ0) is 17.7. The molecule has 6 nitrogen and oxygen atoms in total. The number of benzene rings is 2. The number of rotatable bonds is 6. The smallest absolute Gasteiger partial charge is 0.276 e. The zero-order valence-corrected chi connectivity index (χ0v) is 13.4. The van der Waals surface area contributed by atoms with Gasteiger partial charge in [0.1, 0.15) is 5.75 Å². The molecule has 0 fully saturated rings. The molecule has 0 bridgehead atoms. The van der Waals surface area contributed by atoms with Crippen LogP contribution in [0.15, 0.2) is 42.5 Å². The molecule has 0 saturated heterocycles. The van der Waals surface area contributed by atoms with Crippen LogP contribution in [0.25, 0.3) is 6.08 Å². The Balaban J connectivity index is 2.37. The van der Waals surface area contributed by atoms with Gasteiger partial charge in [0.15, 0.2) is 5.78 Å². The summed E-state index contributed by atoms with van der Waals surface area (Å²) in [5, 5.41) is 20.3. The molecule has 0 spiro atoms. The third kappa shape index (κ3) is 3.85. The molecule has 0 heterocycles. The molecule has 0 saturated carbocycles. The molecule has 124 valence electrons. The normalized spacial score (nSPS) is 10.8. The number of aryl methyl sites for hydroxylation is 1. The van der Waals surface area contributed by atoms with Gasteiger partial charge < -0.3 is 9.84 Å². The van der Waals surface area contributed by atoms with Crippen LogP contribution in [0.5, 0.6) is 5.75 Å². The summed E-state index contributed by atoms with van der Waals surface area (Å²) < 4.78 is 5.15. The Labute approximate surface area is 139 Å². The maximum atomic E-state index is 12.4. The van der Waals surface area contributed by atoms with Crippen molar-refractivity contribution in [1.29, 1.82) is 0 Å². The summed E-state index contributed by atoms with van der Waals surface area (Å²) in [5.41, 5.74) is 1.91. The van der Waals surface area contributed by atoms with Crippen molar-refractivity contribution in [1.82, 2.24) is 0 Å². The number of carbonyl (C=O) groups is 1. The van der Waals surface area contributed by atoms with Crippen molar-refractivity contribution < 1.29 is 19.6 Å². The SMILES string of the molecule is COc1ccc(CO)cc1C(=O)/C=C/c1ccc(C)cc1[N+](=O)[O-]. The second-order valence-electron chi connectivity index (χ2n) is 5.21. The largest absolute Gasteiger partial charge is 0.496 e. The Morgan fingerprint density at radius 1 is 1.29 bits per heavy atom. The summed E-state index contributed by atoms with van der Waals surface area (Å²) in [6.07, 6.45) is 2.67. The third-order valence-electron chi connectivity index (χ3n) is 3.51. The Morgan fingerprint density at radius 3 is 2.67 bits per heavy atom. The van der Waals surface area contributed by atoms with Crippen LogP contribution in [0.1, 0.15) is 27.0 Å². The summed E-state index contributed by atoms with van der Waals surface area (Å²) >= 11 is 0. The van der Waals surface area contributed by atoms with E-state index < -0.39 is 4.92 Å². The van der Waals surface area contributed by atoms with Crippen LogP contribution in [0.2, 0.25) is 0 Å². The highest BCUT2D eigenvalue weighted by Crippen LogP contribution is 2.24. The number of allylic oxidation sites excluding steroid dienone is 1. The number of methoxy groups -OCH3 is 1. The van der Waals surface area contributed by atoms with Gasteiger partial charge in [-0.15, -0.1) is 0 Å². The van der Waals surface area contributed by atoms with E-state index in [1.54, 1.807) is 31.2 Å². The van der Waals surface area contributed by atoms with E-state index in [0.717, 1.165) is 5.56 Å². The molecule has 0 aliphatic heterocycles. The molecule has 1 N–H and O–H groups in total. The first-order valence-corrected chi connectivity index (χ1v) is 7.21. The van der Waals surface area contributed by atoms with E-state index in [-0.39, 0.29) is 23.6 Å². The summed E-state index contributed by atoms with van der Waals surface area (Å²) in [5.74, 6) is 0.0114. The molecule has 2 rings (SSSR count). The fourth-order valence-electron chi connectivity index (χ4n) is 2.25. The zero-order valence-electron chi connectivity index (χ0n) is 13.4. The van der Waals surface area contributed by atoms with Crippen molar-refractivity contribution in [3.8, 4) is 5.75 Å². The second-order valence-corrected chi connectivity index (χ2v) is 5.21. The average molecular weight is 327 g/mol. The first-order chi connectivity index (χ1) is 11.5. The standard InChI is InChI=1S/C18H17NO5/c1-12-3-5-14(16(9-12)19(22)23)6-7-17(21)15-10-13(11-20)4-8-18(15)24-2/h3-10,20H,11H2,1-2H3/b7-6+. The highest BCUT2D eigenvalue weighted by atomic mass is 16.6. The lowest BCUT2D eigenvalue weighted by Gasteiger charge is -2.07. The molecule has 0 unspecified atom stereocenters. The maximum absolute atomic E-state index is 12.4. The monoisotopic (exact) mass is 327 g/mol. The number of ketones is 1. The molecule has 0 atom stereocenters. The van der Waals surface area contributed by atoms with E-state index in [2.05, 4.69) is 0 Å². The molecule has 2 aromatic rings. The van der Waals surface area contributed by atoms with Gasteiger partial charge in [-0.2, -0.15) is 0 Å². The van der Waals surface area contributed by atoms with Crippen molar-refractivity contribution in [3.63, 3.8) is 0 Å². The van der Waals surface area contributed by atoms with E-state index >= 15 is 0 Å². The molecular formula is C18H17NO5. The van der Waals surface area contributed by atoms with Gasteiger partial charge in [0.05, 0.1) is 29.8 Å². The minimum absolute atomic E-state index is 0.0601. The second kappa shape index (κ2) is 7.52. The van der Waals surface area contributed by atoms with Crippen LogP contribution in [0, 0.1) is 17.0 Å². The molecular weight excluding hydrogens is 310 g/mol. The molecule has 0 aliphatic rings. The van der Waals surface area contributed by atoms with E-state index in [4.69, 9.17) is 4.74 Å². The number of aliphatic hydroxyl groups is 1. The van der Waals surface area contributed by atoms with Gasteiger partial charge in [0.25, 0.3) is 5.69 Å². The predicted octanol–water partition coefficient (Wildman–Crippen LogP) is 3.30. The lowest BCUT2D eigenvalue weighted by atomic mass is 10.0. The van der Waals surface area contributed by atoms with Crippen molar-refractivity contribution in [2.75, 3.05) is 7.11 Å². The number of ether oxygens (including phenoxy) is 1. The summed E-state index contributed by atoms with van der Waals surface area (Å²) in [6.45, 7) is 1.56. The molecule has 0 radical (unpaired) electrons. The molecule has 0 aromatic heterocycles. The van der Waals surface area contributed by atoms with Gasteiger partial charge in [-0.3, -0.25) is 14.9 Å². The maximum Gasteiger partial charge on any atom is 0.276 e. The van der Waals surface area contributed by atoms with Gasteiger partial charge in [0, 0.05) is 6.07 Å². The van der Waals surface area contributed by atoms with Crippen LogP contribution >= 0.6 is 0 Å². The molecule has 24 heavy (non-hydrogen) atoms. The number of nitrogens with zero attached hydrogens (tertiary/aromatic N) is 1. The number of aliphatic hydroxyl groups excluding tert-OH is 1. The van der Waals surface area contributed by atoms with Crippen molar-refractivity contribution in [3.05, 3.63) is 74.8 Å². The van der Waals surface area contributed by atoms with Crippen molar-refractivity contribution in [2.24, 2.45) is 0 Å². The predicted molar refractivity (Wildman–Crippen MR) is 90.1 cm³/mol. The van der Waals surface area contributed by atoms with E-state index in [1.807, 2.05) is 0 Å². The van der Waals surface area contributed by atoms with Gasteiger partial charge >= 0.3 is 0 Å². The summed E-state index contributed by atoms with van der Waals surface area (Å²) in [4.78, 5) is 23.0. The fraction of sp³-hybridized carbons (Fsp3) is 0.167. The van der Waals surface area contributed by atoms with Crippen molar-refractivity contribution >= 4 is 17.5 Å². The first-order valence-electron chi connectivity index (χ1n) is 7.21. The van der Waals surface area contributed by atoms with Crippen LogP contribution in [0.4, 0.5) is 5.69 Å². The topological polar surface area (TPSA) is 89.7 Å². The van der Waals surface area contributed by atoms with E-state index in [9.17, 15) is 20.0 Å². The minimum Gasteiger partial charge on any atom is -0.496 e. The van der Waals surface area contributed by atoms with E-state index in [1.165, 1.54) is 31.4 Å². The lowest BCUT2D eigenvalue weighted by molar-refractivity contribution is -0.385. The summed E-state index contributed by atoms with van der Waals surface area (Å²) in [6, 6.07) is 9.58. The third-order valence-corrected chi connectivity index (χ3v) is 3.51. The first kappa shape index (κ1) is 17.4. The quantitative estimate of drug-likeness (QED) is 0.380. The highest BCUT2D eigenvalue weighted by Gasteiger charge is 2.14. The Morgan fingerprint density at radius 2 is 2.04 bits per heavy atom. The number of nitro benzene ring substituents is 1. The van der Waals surface area contributed by atoms with Crippen molar-refractivity contribution in [2.45, 2.75) is 13.5 Å². The molecule has 0 aliphatic carbocycles. The van der Waals surface area contributed by atoms with Gasteiger partial charge in [0.2, 0.25) is 0 Å². The Bertz CT molecular complexity index is 811. The number of carbonyl (C=O) groups excluding carboxylic acids is 1. The summed E-state index contributed by atoms with van der Waals surface area (Å²) in [7, 11) is 1.44. The minimum atomic E-state index is -0.482. The number of hydrogen-bond donors (Lipinski definition) is 1. The Kier molecular flexibility index (Phi) is 5.44. The average Bonchev–Trinajstić information content (AvgIpc) is 2.59. The molecule has 6 heteroatoms. The highest BCUT2D eigenvalue weighted by molar-refractivity contribution is 6.09. The number of hydrogen-bond acceptors (Lipinski definition) is 5. The van der Waals surface area contributed by atoms with E-state index in [0.29, 0.717) is 16.9 Å². The Hall–Kier alpha value is -2.99. The van der Waals surface area contributed by atoms with Gasteiger partial charge in [-0.05, 0) is 48.4 Å².